The van der Waals surface area contributed by atoms with Crippen LogP contribution in [0.4, 0.5) is 0 Å². The van der Waals surface area contributed by atoms with E-state index in [2.05, 4.69) is 40.2 Å². The Hall–Kier alpha value is -0.480. The molecule has 17 heavy (non-hydrogen) atoms. The summed E-state index contributed by atoms with van der Waals surface area (Å²) in [6.45, 7) is 2.28. The molecule has 1 atom stereocenters. The predicted octanol–water partition coefficient (Wildman–Crippen LogP) is 3.64. The number of rotatable bonds is 7. The molecule has 0 aliphatic heterocycles. The van der Waals surface area contributed by atoms with E-state index in [0.29, 0.717) is 6.61 Å². The first-order valence-electron chi connectivity index (χ1n) is 5.62. The van der Waals surface area contributed by atoms with Crippen molar-refractivity contribution in [2.75, 3.05) is 12.4 Å². The Balaban J connectivity index is 2.00. The fraction of sp³-hybridized carbons (Fsp3) is 0.462. The molecule has 0 amide bonds. The number of hydrogen-bond donors (Lipinski definition) is 0. The first-order valence-corrected chi connectivity index (χ1v) is 7.69. The molecule has 0 radical (unpaired) electrons. The number of esters is 1. The van der Waals surface area contributed by atoms with Crippen LogP contribution < -0.4 is 0 Å². The Kier molecular flexibility index (Phi) is 7.37. The second-order valence-corrected chi connectivity index (χ2v) is 6.15. The summed E-state index contributed by atoms with van der Waals surface area (Å²) in [6, 6.07) is 10.4. The first-order chi connectivity index (χ1) is 8.20. The summed E-state index contributed by atoms with van der Waals surface area (Å²) in [5.74, 6) is 1.85. The summed E-state index contributed by atoms with van der Waals surface area (Å²) in [5.41, 5.74) is 1.34. The highest BCUT2D eigenvalue weighted by molar-refractivity contribution is 9.10. The maximum atomic E-state index is 11.1. The quantitative estimate of drug-likeness (QED) is 0.436. The molecule has 1 aromatic carbocycles. The average molecular weight is 317 g/mol. The molecular weight excluding hydrogens is 300 g/mol. The van der Waals surface area contributed by atoms with Crippen molar-refractivity contribution in [2.24, 2.45) is 0 Å². The van der Waals surface area contributed by atoms with Crippen LogP contribution in [0, 0.1) is 0 Å². The molecule has 4 heteroatoms. The third-order valence-corrected chi connectivity index (χ3v) is 3.60. The Morgan fingerprint density at radius 1 is 1.41 bits per heavy atom. The van der Waals surface area contributed by atoms with Gasteiger partial charge in [-0.25, -0.2) is 0 Å². The highest BCUT2D eigenvalue weighted by atomic mass is 79.9. The van der Waals surface area contributed by atoms with Gasteiger partial charge in [-0.3, -0.25) is 4.79 Å². The number of carbonyl (C=O) groups excluding carboxylic acids is 1. The maximum Gasteiger partial charge on any atom is 0.319 e. The Morgan fingerprint density at radius 2 is 2.12 bits per heavy atom. The summed E-state index contributed by atoms with van der Waals surface area (Å²) in [4.78, 5) is 10.9. The standard InChI is InChI=1S/C13H17BrO2S/c1-11(14)13(15)16-8-5-9-17-10-12-6-3-2-4-7-12/h2-4,6-7,11H,5,8-10H2,1H3. The number of halogens is 1. The minimum Gasteiger partial charge on any atom is -0.465 e. The minimum atomic E-state index is -0.209. The summed E-state index contributed by atoms with van der Waals surface area (Å²) in [6.07, 6.45) is 0.906. The highest BCUT2D eigenvalue weighted by Gasteiger charge is 2.08. The molecule has 0 N–H and O–H groups in total. The number of hydrogen-bond acceptors (Lipinski definition) is 3. The van der Waals surface area contributed by atoms with E-state index < -0.39 is 0 Å². The molecule has 0 bridgehead atoms. The van der Waals surface area contributed by atoms with Crippen molar-refractivity contribution in [3.8, 4) is 0 Å². The number of carbonyl (C=O) groups is 1. The smallest absolute Gasteiger partial charge is 0.319 e. The lowest BCUT2D eigenvalue weighted by Gasteiger charge is -2.06. The van der Waals surface area contributed by atoms with Gasteiger partial charge in [0.2, 0.25) is 0 Å². The van der Waals surface area contributed by atoms with Crippen molar-refractivity contribution in [3.63, 3.8) is 0 Å². The molecule has 0 saturated carbocycles. The molecule has 0 saturated heterocycles. The molecule has 1 rings (SSSR count). The molecule has 2 nitrogen and oxygen atoms in total. The lowest BCUT2D eigenvalue weighted by Crippen LogP contribution is -2.14. The summed E-state index contributed by atoms with van der Waals surface area (Å²) in [5, 5.41) is 0. The molecule has 0 heterocycles. The number of thioether (sulfide) groups is 1. The van der Waals surface area contributed by atoms with Gasteiger partial charge >= 0.3 is 5.97 Å². The zero-order valence-corrected chi connectivity index (χ0v) is 12.3. The largest absolute Gasteiger partial charge is 0.465 e. The molecular formula is C13H17BrO2S. The van der Waals surface area contributed by atoms with Crippen molar-refractivity contribution in [2.45, 2.75) is 23.9 Å². The van der Waals surface area contributed by atoms with Gasteiger partial charge in [-0.15, -0.1) is 0 Å². The van der Waals surface area contributed by atoms with Crippen molar-refractivity contribution in [1.82, 2.24) is 0 Å². The van der Waals surface area contributed by atoms with E-state index >= 15 is 0 Å². The molecule has 0 aromatic heterocycles. The maximum absolute atomic E-state index is 11.1. The molecule has 1 unspecified atom stereocenters. The minimum absolute atomic E-state index is 0.182. The van der Waals surface area contributed by atoms with Gasteiger partial charge in [0.05, 0.1) is 6.61 Å². The third kappa shape index (κ3) is 6.74. The number of alkyl halides is 1. The lowest BCUT2D eigenvalue weighted by atomic mass is 10.2. The number of benzene rings is 1. The molecule has 0 spiro atoms. The van der Waals surface area contributed by atoms with E-state index in [4.69, 9.17) is 4.74 Å². The van der Waals surface area contributed by atoms with Crippen LogP contribution in [-0.2, 0) is 15.3 Å². The van der Waals surface area contributed by atoms with E-state index in [1.54, 1.807) is 6.92 Å². The Labute approximate surface area is 115 Å². The molecule has 0 fully saturated rings. The van der Waals surface area contributed by atoms with Crippen LogP contribution in [0.5, 0.6) is 0 Å². The van der Waals surface area contributed by atoms with E-state index in [1.807, 2.05) is 17.8 Å². The van der Waals surface area contributed by atoms with Crippen molar-refractivity contribution in [1.29, 1.82) is 0 Å². The first kappa shape index (κ1) is 14.6. The van der Waals surface area contributed by atoms with Gasteiger partial charge in [0.1, 0.15) is 4.83 Å². The second-order valence-electron chi connectivity index (χ2n) is 3.68. The monoisotopic (exact) mass is 316 g/mol. The molecule has 0 aliphatic rings. The zero-order chi connectivity index (χ0) is 12.5. The van der Waals surface area contributed by atoms with Gasteiger partial charge in [0, 0.05) is 5.75 Å². The Morgan fingerprint density at radius 3 is 2.76 bits per heavy atom. The summed E-state index contributed by atoms with van der Waals surface area (Å²) < 4.78 is 5.06. The van der Waals surface area contributed by atoms with E-state index in [1.165, 1.54) is 5.56 Å². The van der Waals surface area contributed by atoms with Crippen LogP contribution in [-0.4, -0.2) is 23.2 Å². The van der Waals surface area contributed by atoms with Gasteiger partial charge in [0.15, 0.2) is 0 Å². The van der Waals surface area contributed by atoms with Gasteiger partial charge in [-0.1, -0.05) is 46.3 Å². The third-order valence-electron chi connectivity index (χ3n) is 2.11. The lowest BCUT2D eigenvalue weighted by molar-refractivity contribution is -0.142. The summed E-state index contributed by atoms with van der Waals surface area (Å²) in [7, 11) is 0. The van der Waals surface area contributed by atoms with Crippen LogP contribution >= 0.6 is 27.7 Å². The number of ether oxygens (including phenoxy) is 1. The normalized spacial score (nSPS) is 12.1. The molecule has 1 aromatic rings. The predicted molar refractivity (Wildman–Crippen MR) is 76.6 cm³/mol. The molecule has 94 valence electrons. The van der Waals surface area contributed by atoms with E-state index in [9.17, 15) is 4.79 Å². The van der Waals surface area contributed by atoms with Crippen LogP contribution in [0.25, 0.3) is 0 Å². The van der Waals surface area contributed by atoms with Crippen LogP contribution in [0.3, 0.4) is 0 Å². The van der Waals surface area contributed by atoms with Crippen molar-refractivity contribution >= 4 is 33.7 Å². The van der Waals surface area contributed by atoms with Crippen LogP contribution in [0.1, 0.15) is 18.9 Å². The SMILES string of the molecule is CC(Br)C(=O)OCCCSCc1ccccc1. The van der Waals surface area contributed by atoms with Crippen molar-refractivity contribution in [3.05, 3.63) is 35.9 Å². The topological polar surface area (TPSA) is 26.3 Å². The Bertz CT molecular complexity index is 327. The van der Waals surface area contributed by atoms with Crippen LogP contribution in [0.2, 0.25) is 0 Å². The van der Waals surface area contributed by atoms with E-state index in [-0.39, 0.29) is 10.8 Å². The van der Waals surface area contributed by atoms with Gasteiger partial charge in [-0.05, 0) is 24.7 Å². The molecule has 0 aliphatic carbocycles. The van der Waals surface area contributed by atoms with Crippen LogP contribution in [0.15, 0.2) is 30.3 Å². The fourth-order valence-electron chi connectivity index (χ4n) is 1.21. The highest BCUT2D eigenvalue weighted by Crippen LogP contribution is 2.12. The van der Waals surface area contributed by atoms with Gasteiger partial charge in [-0.2, -0.15) is 11.8 Å². The van der Waals surface area contributed by atoms with Crippen molar-refractivity contribution < 1.29 is 9.53 Å². The average Bonchev–Trinajstić information content (AvgIpc) is 2.34. The fourth-order valence-corrected chi connectivity index (χ4v) is 2.24. The zero-order valence-electron chi connectivity index (χ0n) is 9.90. The van der Waals surface area contributed by atoms with Gasteiger partial charge < -0.3 is 4.74 Å². The van der Waals surface area contributed by atoms with E-state index in [0.717, 1.165) is 17.9 Å². The van der Waals surface area contributed by atoms with Gasteiger partial charge in [0.25, 0.3) is 0 Å². The second kappa shape index (κ2) is 8.59. The summed E-state index contributed by atoms with van der Waals surface area (Å²) >= 11 is 5.04.